The summed E-state index contributed by atoms with van der Waals surface area (Å²) in [5.41, 5.74) is 7.03. The molecule has 0 saturated heterocycles. The molecule has 0 aromatic rings. The summed E-state index contributed by atoms with van der Waals surface area (Å²) in [5.74, 6) is 1.62. The van der Waals surface area contributed by atoms with Gasteiger partial charge in [-0.3, -0.25) is 0 Å². The molecule has 0 radical (unpaired) electrons. The Balaban J connectivity index is 2.34. The summed E-state index contributed by atoms with van der Waals surface area (Å²) in [7, 11) is 0. The molecule has 11 heavy (non-hydrogen) atoms. The molecular formula is C10H19N. The number of fused-ring (bicyclic) bond motifs is 2. The molecule has 0 amide bonds. The third kappa shape index (κ3) is 0.752. The fraction of sp³-hybridized carbons (Fsp3) is 1.00. The van der Waals surface area contributed by atoms with E-state index < -0.39 is 0 Å². The summed E-state index contributed by atoms with van der Waals surface area (Å²) in [4.78, 5) is 0. The highest BCUT2D eigenvalue weighted by Crippen LogP contribution is 2.59. The molecule has 0 unspecified atom stereocenters. The number of nitrogens with two attached hydrogens (primary N) is 1. The molecule has 0 heterocycles. The van der Waals surface area contributed by atoms with Crippen LogP contribution in [0.5, 0.6) is 0 Å². The Labute approximate surface area is 69.4 Å². The largest absolute Gasteiger partial charge is 0.325 e. The van der Waals surface area contributed by atoms with Gasteiger partial charge in [-0.2, -0.15) is 0 Å². The molecule has 2 rings (SSSR count). The first-order chi connectivity index (χ1) is 4.97. The molecule has 3 atom stereocenters. The minimum Gasteiger partial charge on any atom is -0.325 e. The maximum Gasteiger partial charge on any atom is 0.0188 e. The molecule has 2 N–H and O–H groups in total. The van der Waals surface area contributed by atoms with Gasteiger partial charge in [-0.25, -0.2) is 0 Å². The minimum atomic E-state index is 0.203. The molecule has 0 aromatic carbocycles. The summed E-state index contributed by atoms with van der Waals surface area (Å²) < 4.78 is 0. The Morgan fingerprint density at radius 1 is 1.36 bits per heavy atom. The van der Waals surface area contributed by atoms with Gasteiger partial charge in [-0.05, 0) is 36.5 Å². The Bertz CT molecular complexity index is 181. The molecular weight excluding hydrogens is 134 g/mol. The van der Waals surface area contributed by atoms with Crippen LogP contribution in [-0.2, 0) is 0 Å². The van der Waals surface area contributed by atoms with Crippen LogP contribution >= 0.6 is 0 Å². The van der Waals surface area contributed by atoms with Crippen molar-refractivity contribution in [2.75, 3.05) is 0 Å². The fourth-order valence-corrected chi connectivity index (χ4v) is 3.23. The molecule has 2 aliphatic rings. The molecule has 1 heteroatoms. The van der Waals surface area contributed by atoms with Crippen LogP contribution in [0, 0.1) is 17.3 Å². The summed E-state index contributed by atoms with van der Waals surface area (Å²) in [5, 5.41) is 0. The number of hydrogen-bond donors (Lipinski definition) is 1. The molecule has 2 fully saturated rings. The third-order valence-corrected chi connectivity index (χ3v) is 4.62. The van der Waals surface area contributed by atoms with Gasteiger partial charge in [0.05, 0.1) is 0 Å². The van der Waals surface area contributed by atoms with Gasteiger partial charge in [0.25, 0.3) is 0 Å². The standard InChI is InChI=1S/C10H19N/c1-7-9(2,3)8-4-5-10(7,11)6-8/h7-8H,4-6,11H2,1-3H3/t7-,8-,10+/m0/s1. The zero-order valence-corrected chi connectivity index (χ0v) is 7.85. The molecule has 0 aromatic heterocycles. The lowest BCUT2D eigenvalue weighted by Gasteiger charge is -2.40. The van der Waals surface area contributed by atoms with Gasteiger partial charge in [0.2, 0.25) is 0 Å². The van der Waals surface area contributed by atoms with Crippen molar-refractivity contribution >= 4 is 0 Å². The second kappa shape index (κ2) is 1.82. The molecule has 64 valence electrons. The normalized spacial score (nSPS) is 53.5. The molecule has 2 aliphatic carbocycles. The highest BCUT2D eigenvalue weighted by atomic mass is 14.8. The fourth-order valence-electron chi connectivity index (χ4n) is 3.23. The average Bonchev–Trinajstić information content (AvgIpc) is 2.36. The van der Waals surface area contributed by atoms with Crippen molar-refractivity contribution in [2.45, 2.75) is 45.6 Å². The van der Waals surface area contributed by atoms with E-state index >= 15 is 0 Å². The summed E-state index contributed by atoms with van der Waals surface area (Å²) in [6, 6.07) is 0. The third-order valence-electron chi connectivity index (χ3n) is 4.62. The van der Waals surface area contributed by atoms with Crippen LogP contribution in [0.2, 0.25) is 0 Å². The van der Waals surface area contributed by atoms with Gasteiger partial charge >= 0.3 is 0 Å². The zero-order chi connectivity index (χ0) is 8.28. The highest BCUT2D eigenvalue weighted by molar-refractivity contribution is 5.11. The number of rotatable bonds is 0. The predicted molar refractivity (Wildman–Crippen MR) is 47.2 cm³/mol. The minimum absolute atomic E-state index is 0.203. The van der Waals surface area contributed by atoms with E-state index in [0.29, 0.717) is 11.3 Å². The Morgan fingerprint density at radius 3 is 2.27 bits per heavy atom. The second-order valence-electron chi connectivity index (χ2n) is 5.22. The van der Waals surface area contributed by atoms with Crippen LogP contribution in [0.15, 0.2) is 0 Å². The van der Waals surface area contributed by atoms with E-state index in [9.17, 15) is 0 Å². The van der Waals surface area contributed by atoms with Crippen molar-refractivity contribution in [1.29, 1.82) is 0 Å². The van der Waals surface area contributed by atoms with Crippen molar-refractivity contribution in [1.82, 2.24) is 0 Å². The van der Waals surface area contributed by atoms with Gasteiger partial charge in [-0.15, -0.1) is 0 Å². The van der Waals surface area contributed by atoms with Gasteiger partial charge in [-0.1, -0.05) is 20.8 Å². The van der Waals surface area contributed by atoms with Crippen LogP contribution in [0.4, 0.5) is 0 Å². The first-order valence-corrected chi connectivity index (χ1v) is 4.76. The van der Waals surface area contributed by atoms with Crippen LogP contribution in [0.3, 0.4) is 0 Å². The van der Waals surface area contributed by atoms with Crippen LogP contribution in [-0.4, -0.2) is 5.54 Å². The molecule has 0 spiro atoms. The maximum atomic E-state index is 6.32. The Morgan fingerprint density at radius 2 is 2.00 bits per heavy atom. The van der Waals surface area contributed by atoms with E-state index in [1.807, 2.05) is 0 Å². The van der Waals surface area contributed by atoms with E-state index in [-0.39, 0.29) is 5.54 Å². The first-order valence-electron chi connectivity index (χ1n) is 4.76. The topological polar surface area (TPSA) is 26.0 Å². The summed E-state index contributed by atoms with van der Waals surface area (Å²) in [6.07, 6.45) is 3.91. The van der Waals surface area contributed by atoms with Gasteiger partial charge in [0, 0.05) is 5.54 Å². The van der Waals surface area contributed by atoms with Crippen molar-refractivity contribution in [3.63, 3.8) is 0 Å². The lowest BCUT2D eigenvalue weighted by Crippen LogP contribution is -2.46. The zero-order valence-electron chi connectivity index (χ0n) is 7.85. The molecule has 1 nitrogen and oxygen atoms in total. The van der Waals surface area contributed by atoms with Crippen molar-refractivity contribution in [3.05, 3.63) is 0 Å². The van der Waals surface area contributed by atoms with E-state index in [1.54, 1.807) is 0 Å². The van der Waals surface area contributed by atoms with E-state index in [0.717, 1.165) is 5.92 Å². The van der Waals surface area contributed by atoms with Gasteiger partial charge in [0.1, 0.15) is 0 Å². The van der Waals surface area contributed by atoms with E-state index in [4.69, 9.17) is 5.73 Å². The van der Waals surface area contributed by atoms with Crippen molar-refractivity contribution in [2.24, 2.45) is 23.0 Å². The highest BCUT2D eigenvalue weighted by Gasteiger charge is 2.57. The summed E-state index contributed by atoms with van der Waals surface area (Å²) in [6.45, 7) is 7.10. The van der Waals surface area contributed by atoms with Gasteiger partial charge < -0.3 is 5.73 Å². The Hall–Kier alpha value is -0.0400. The average molecular weight is 153 g/mol. The van der Waals surface area contributed by atoms with Crippen LogP contribution in [0.25, 0.3) is 0 Å². The summed E-state index contributed by atoms with van der Waals surface area (Å²) >= 11 is 0. The van der Waals surface area contributed by atoms with E-state index in [1.165, 1.54) is 19.3 Å². The van der Waals surface area contributed by atoms with Crippen molar-refractivity contribution < 1.29 is 0 Å². The number of hydrogen-bond acceptors (Lipinski definition) is 1. The van der Waals surface area contributed by atoms with Crippen LogP contribution in [0.1, 0.15) is 40.0 Å². The predicted octanol–water partition coefficient (Wildman–Crippen LogP) is 2.16. The Kier molecular flexibility index (Phi) is 1.26. The lowest BCUT2D eigenvalue weighted by atomic mass is 9.68. The molecule has 2 saturated carbocycles. The molecule has 2 bridgehead atoms. The smallest absolute Gasteiger partial charge is 0.0188 e. The maximum absolute atomic E-state index is 6.32. The SMILES string of the molecule is C[C@H]1C(C)(C)[C@H]2CC[C@@]1(N)C2. The van der Waals surface area contributed by atoms with Gasteiger partial charge in [0.15, 0.2) is 0 Å². The lowest BCUT2D eigenvalue weighted by molar-refractivity contribution is 0.123. The van der Waals surface area contributed by atoms with E-state index in [2.05, 4.69) is 20.8 Å². The monoisotopic (exact) mass is 153 g/mol. The molecule has 0 aliphatic heterocycles. The first kappa shape index (κ1) is 7.60. The van der Waals surface area contributed by atoms with Crippen molar-refractivity contribution in [3.8, 4) is 0 Å². The second-order valence-corrected chi connectivity index (χ2v) is 5.22. The quantitative estimate of drug-likeness (QED) is 0.567. The van der Waals surface area contributed by atoms with Crippen LogP contribution < -0.4 is 5.73 Å².